The average molecular weight is 454 g/mol. The van der Waals surface area contributed by atoms with Crippen molar-refractivity contribution in [1.29, 1.82) is 5.41 Å². The largest absolute Gasteiger partial charge is 0.489 e. The Kier molecular flexibility index (Phi) is 6.15. The zero-order chi connectivity index (χ0) is 22.9. The van der Waals surface area contributed by atoms with Gasteiger partial charge in [0.25, 0.3) is 0 Å². The van der Waals surface area contributed by atoms with Gasteiger partial charge in [0.05, 0.1) is 5.25 Å². The molecule has 3 N–H and O–H groups in total. The van der Waals surface area contributed by atoms with Crippen LogP contribution in [-0.4, -0.2) is 34.4 Å². The molecule has 7 nitrogen and oxygen atoms in total. The van der Waals surface area contributed by atoms with Crippen molar-refractivity contribution in [1.82, 2.24) is 0 Å². The number of hydrogen-bond acceptors (Lipinski definition) is 7. The lowest BCUT2D eigenvalue weighted by atomic mass is 9.92. The second kappa shape index (κ2) is 8.86. The summed E-state index contributed by atoms with van der Waals surface area (Å²) < 4.78 is 17.6. The molecule has 2 unspecified atom stereocenters. The summed E-state index contributed by atoms with van der Waals surface area (Å²) in [6, 6.07) is 11.8. The molecule has 0 spiro atoms. The van der Waals surface area contributed by atoms with Crippen LogP contribution in [0.3, 0.4) is 0 Å². The lowest BCUT2D eigenvalue weighted by Crippen LogP contribution is -2.42. The van der Waals surface area contributed by atoms with Crippen molar-refractivity contribution < 1.29 is 19.0 Å². The van der Waals surface area contributed by atoms with Crippen LogP contribution in [0, 0.1) is 12.3 Å². The number of carbonyl (C=O) groups is 1. The Morgan fingerprint density at radius 1 is 1.34 bits per heavy atom. The number of ether oxygens (including phenoxy) is 3. The lowest BCUT2D eigenvalue weighted by molar-refractivity contribution is -0.131. The molecule has 2 atom stereocenters. The summed E-state index contributed by atoms with van der Waals surface area (Å²) in [6.07, 6.45) is 2.35. The number of nitrogens with two attached hydrogens (primary N) is 1. The highest BCUT2D eigenvalue weighted by molar-refractivity contribution is 8.15. The third-order valence-electron chi connectivity index (χ3n) is 5.59. The van der Waals surface area contributed by atoms with E-state index in [1.54, 1.807) is 0 Å². The normalized spacial score (nSPS) is 22.0. The van der Waals surface area contributed by atoms with Gasteiger partial charge in [-0.2, -0.15) is 0 Å². The Bertz CT molecular complexity index is 1080. The number of fused-ring (bicyclic) bond motifs is 1. The van der Waals surface area contributed by atoms with Gasteiger partial charge in [-0.3, -0.25) is 10.2 Å². The number of nitrogens with one attached hydrogen (secondary N) is 1. The molecule has 168 valence electrons. The van der Waals surface area contributed by atoms with Crippen LogP contribution >= 0.6 is 11.8 Å². The fraction of sp³-hybridized carbons (Fsp3) is 0.375. The van der Waals surface area contributed by atoms with E-state index in [0.29, 0.717) is 18.2 Å². The molecule has 0 saturated heterocycles. The molecule has 2 heterocycles. The molecular formula is C24H27N3O4S. The topological polar surface area (TPSA) is 107 Å². The zero-order valence-corrected chi connectivity index (χ0v) is 19.3. The van der Waals surface area contributed by atoms with Gasteiger partial charge in [0.1, 0.15) is 35.3 Å². The first-order valence-electron chi connectivity index (χ1n) is 10.5. The van der Waals surface area contributed by atoms with Crippen molar-refractivity contribution in [3.63, 3.8) is 0 Å². The Balaban J connectivity index is 1.36. The average Bonchev–Trinajstić information content (AvgIpc) is 3.05. The lowest BCUT2D eigenvalue weighted by Gasteiger charge is -2.36. The number of rotatable bonds is 6. The summed E-state index contributed by atoms with van der Waals surface area (Å²) in [5.41, 5.74) is 8.46. The first-order chi connectivity index (χ1) is 15.2. The Morgan fingerprint density at radius 2 is 2.09 bits per heavy atom. The first kappa shape index (κ1) is 22.2. The molecule has 2 aromatic carbocycles. The van der Waals surface area contributed by atoms with Crippen LogP contribution in [-0.2, 0) is 17.6 Å². The molecular weight excluding hydrogens is 426 g/mol. The van der Waals surface area contributed by atoms with E-state index in [1.807, 2.05) is 50.2 Å². The van der Waals surface area contributed by atoms with Crippen molar-refractivity contribution in [3.8, 4) is 17.2 Å². The number of aliphatic imine (C=N–C) groups is 1. The SMILES string of the molecule is CC(=O)Oc1cc2c(cc1C)OC(C)(COc1ccc(CC3SC(=N)N=C3N)cc1)CC2. The number of aryl methyl sites for hydroxylation is 2. The molecule has 0 radical (unpaired) electrons. The van der Waals surface area contributed by atoms with Crippen LogP contribution in [0.25, 0.3) is 0 Å². The predicted molar refractivity (Wildman–Crippen MR) is 126 cm³/mol. The highest BCUT2D eigenvalue weighted by atomic mass is 32.2. The van der Waals surface area contributed by atoms with E-state index < -0.39 is 5.60 Å². The summed E-state index contributed by atoms with van der Waals surface area (Å²) in [5.74, 6) is 2.36. The Morgan fingerprint density at radius 3 is 2.75 bits per heavy atom. The molecule has 0 bridgehead atoms. The van der Waals surface area contributed by atoms with E-state index in [1.165, 1.54) is 18.7 Å². The molecule has 0 aromatic heterocycles. The number of nitrogens with zero attached hydrogens (tertiary/aromatic N) is 1. The van der Waals surface area contributed by atoms with Crippen molar-refractivity contribution in [3.05, 3.63) is 53.1 Å². The van der Waals surface area contributed by atoms with Crippen molar-refractivity contribution in [2.75, 3.05) is 6.61 Å². The molecule has 2 aliphatic heterocycles. The minimum atomic E-state index is -0.452. The van der Waals surface area contributed by atoms with Crippen LogP contribution in [0.1, 0.15) is 37.0 Å². The minimum Gasteiger partial charge on any atom is -0.489 e. The van der Waals surface area contributed by atoms with Crippen LogP contribution < -0.4 is 19.9 Å². The predicted octanol–water partition coefficient (Wildman–Crippen LogP) is 4.03. The minimum absolute atomic E-state index is 0.0219. The van der Waals surface area contributed by atoms with E-state index in [2.05, 4.69) is 4.99 Å². The summed E-state index contributed by atoms with van der Waals surface area (Å²) >= 11 is 1.38. The van der Waals surface area contributed by atoms with Crippen molar-refractivity contribution in [2.24, 2.45) is 10.7 Å². The van der Waals surface area contributed by atoms with Crippen molar-refractivity contribution >= 4 is 28.7 Å². The summed E-state index contributed by atoms with van der Waals surface area (Å²) in [7, 11) is 0. The maximum atomic E-state index is 11.3. The number of carbonyl (C=O) groups excluding carboxylic acids is 1. The van der Waals surface area contributed by atoms with Gasteiger partial charge in [0, 0.05) is 6.92 Å². The first-order valence-corrected chi connectivity index (χ1v) is 11.4. The van der Waals surface area contributed by atoms with E-state index in [-0.39, 0.29) is 16.4 Å². The summed E-state index contributed by atoms with van der Waals surface area (Å²) in [4.78, 5) is 15.3. The highest BCUT2D eigenvalue weighted by Crippen LogP contribution is 2.37. The van der Waals surface area contributed by atoms with E-state index in [4.69, 9.17) is 25.4 Å². The molecule has 4 rings (SSSR count). The van der Waals surface area contributed by atoms with Crippen LogP contribution in [0.2, 0.25) is 0 Å². The molecule has 2 aliphatic rings. The van der Waals surface area contributed by atoms with Gasteiger partial charge in [-0.15, -0.1) is 0 Å². The van der Waals surface area contributed by atoms with Gasteiger partial charge in [-0.1, -0.05) is 23.9 Å². The molecule has 32 heavy (non-hydrogen) atoms. The second-order valence-corrected chi connectivity index (χ2v) is 9.65. The van der Waals surface area contributed by atoms with E-state index in [9.17, 15) is 4.79 Å². The summed E-state index contributed by atoms with van der Waals surface area (Å²) in [6.45, 7) is 5.78. The van der Waals surface area contributed by atoms with Gasteiger partial charge < -0.3 is 19.9 Å². The zero-order valence-electron chi connectivity index (χ0n) is 18.4. The molecule has 0 aliphatic carbocycles. The Labute approximate surface area is 191 Å². The maximum absolute atomic E-state index is 11.3. The van der Waals surface area contributed by atoms with Crippen LogP contribution in [0.15, 0.2) is 41.4 Å². The van der Waals surface area contributed by atoms with Crippen LogP contribution in [0.5, 0.6) is 17.2 Å². The number of thioether (sulfide) groups is 1. The molecule has 2 aromatic rings. The second-order valence-electron chi connectivity index (χ2n) is 8.46. The van der Waals surface area contributed by atoms with Crippen LogP contribution in [0.4, 0.5) is 0 Å². The number of esters is 1. The van der Waals surface area contributed by atoms with Gasteiger partial charge in [0.2, 0.25) is 0 Å². The molecule has 0 fully saturated rings. The van der Waals surface area contributed by atoms with Gasteiger partial charge in [-0.05, 0) is 74.1 Å². The number of benzene rings is 2. The molecule has 0 amide bonds. The van der Waals surface area contributed by atoms with Gasteiger partial charge in [0.15, 0.2) is 5.17 Å². The monoisotopic (exact) mass is 453 g/mol. The highest BCUT2D eigenvalue weighted by Gasteiger charge is 2.33. The third kappa shape index (κ3) is 5.07. The molecule has 0 saturated carbocycles. The smallest absolute Gasteiger partial charge is 0.308 e. The standard InChI is InChI=1S/C24H27N3O4S/c1-14-10-20-17(12-19(14)30-15(2)28)8-9-24(3,31-20)13-29-18-6-4-16(5-7-18)11-21-22(25)27-23(26)32-21/h4-7,10,12,21H,8-9,11,13H2,1-3H3,(H3,25,26,27). The number of hydrogen-bond donors (Lipinski definition) is 2. The molecule has 8 heteroatoms. The van der Waals surface area contributed by atoms with Gasteiger partial charge in [-0.25, -0.2) is 4.99 Å². The Hall–Kier alpha value is -3.00. The maximum Gasteiger partial charge on any atom is 0.308 e. The van der Waals surface area contributed by atoms with Crippen molar-refractivity contribution in [2.45, 2.75) is 50.9 Å². The quantitative estimate of drug-likeness (QED) is 0.505. The van der Waals surface area contributed by atoms with E-state index in [0.717, 1.165) is 47.5 Å². The van der Waals surface area contributed by atoms with Gasteiger partial charge >= 0.3 is 5.97 Å². The summed E-state index contributed by atoms with van der Waals surface area (Å²) in [5, 5.41) is 7.91. The van der Waals surface area contributed by atoms with E-state index >= 15 is 0 Å². The fourth-order valence-corrected chi connectivity index (χ4v) is 4.68. The third-order valence-corrected chi connectivity index (χ3v) is 6.60. The number of amidine groups is 2. The fourth-order valence-electron chi connectivity index (χ4n) is 3.80.